The van der Waals surface area contributed by atoms with Crippen molar-refractivity contribution < 1.29 is 24.5 Å². The average molecular weight is 740 g/mol. The first-order valence-corrected chi connectivity index (χ1v) is 18.7. The van der Waals surface area contributed by atoms with Gasteiger partial charge in [-0.25, -0.2) is 4.79 Å². The minimum absolute atomic E-state index is 0.0456. The number of H-pyrrole nitrogens is 1. The van der Waals surface area contributed by atoms with Crippen LogP contribution in [-0.4, -0.2) is 70.9 Å². The highest BCUT2D eigenvalue weighted by Gasteiger charge is 2.23. The smallest absolute Gasteiger partial charge is 0.411 e. The molecule has 0 unspecified atom stereocenters. The van der Waals surface area contributed by atoms with Crippen molar-refractivity contribution in [3.05, 3.63) is 137 Å². The van der Waals surface area contributed by atoms with E-state index < -0.39 is 12.2 Å². The van der Waals surface area contributed by atoms with Crippen LogP contribution in [0.3, 0.4) is 0 Å². The molecular weight excluding hydrogens is 695 g/mol. The third kappa shape index (κ3) is 9.21. The lowest BCUT2D eigenvalue weighted by Crippen LogP contribution is -2.39. The van der Waals surface area contributed by atoms with Gasteiger partial charge >= 0.3 is 6.09 Å². The first-order valence-electron chi connectivity index (χ1n) is 18.7. The molecule has 7 rings (SSSR count). The number of amides is 2. The number of hydrogen-bond donors (Lipinski definition) is 6. The third-order valence-corrected chi connectivity index (χ3v) is 10.2. The van der Waals surface area contributed by atoms with Crippen LogP contribution in [0.4, 0.5) is 16.2 Å². The van der Waals surface area contributed by atoms with Crippen LogP contribution in [-0.2, 0) is 16.0 Å². The van der Waals surface area contributed by atoms with E-state index in [4.69, 9.17) is 4.74 Å². The number of aliphatic hydroxyl groups is 1. The predicted molar refractivity (Wildman–Crippen MR) is 216 cm³/mol. The zero-order valence-electron chi connectivity index (χ0n) is 30.5. The summed E-state index contributed by atoms with van der Waals surface area (Å²) in [6.45, 7) is 2.98. The maximum Gasteiger partial charge on any atom is 0.411 e. The first-order chi connectivity index (χ1) is 26.8. The molecule has 6 N–H and O–H groups in total. The van der Waals surface area contributed by atoms with Gasteiger partial charge in [-0.1, -0.05) is 84.9 Å². The van der Waals surface area contributed by atoms with Crippen LogP contribution in [0.1, 0.15) is 36.5 Å². The highest BCUT2D eigenvalue weighted by Crippen LogP contribution is 2.30. The number of nitrogens with zero attached hydrogens (tertiary/aromatic N) is 1. The molecule has 1 aromatic heterocycles. The highest BCUT2D eigenvalue weighted by molar-refractivity contribution is 6.03. The molecule has 1 aliphatic rings. The molecule has 282 valence electrons. The summed E-state index contributed by atoms with van der Waals surface area (Å²) >= 11 is 0. The molecule has 11 nitrogen and oxygen atoms in total. The number of anilines is 2. The second-order valence-corrected chi connectivity index (χ2v) is 13.9. The lowest BCUT2D eigenvalue weighted by atomic mass is 10.00. The molecular formula is C44H45N5O6. The Morgan fingerprint density at radius 1 is 0.800 bits per heavy atom. The van der Waals surface area contributed by atoms with Crippen LogP contribution in [0.25, 0.3) is 32.8 Å². The van der Waals surface area contributed by atoms with Crippen molar-refractivity contribution in [1.82, 2.24) is 15.2 Å². The predicted octanol–water partition coefficient (Wildman–Crippen LogP) is 6.96. The van der Waals surface area contributed by atoms with E-state index >= 15 is 0 Å². The molecule has 0 bridgehead atoms. The fraction of sp³-hybridized carbons (Fsp3) is 0.250. The van der Waals surface area contributed by atoms with Gasteiger partial charge in [-0.15, -0.1) is 0 Å². The number of carbonyl (C=O) groups is 2. The van der Waals surface area contributed by atoms with E-state index in [-0.39, 0.29) is 29.9 Å². The Bertz CT molecular complexity index is 2340. The summed E-state index contributed by atoms with van der Waals surface area (Å²) in [6.07, 6.45) is 0.949. The first kappa shape index (κ1) is 37.3. The van der Waals surface area contributed by atoms with E-state index in [2.05, 4.69) is 25.8 Å². The van der Waals surface area contributed by atoms with E-state index in [1.165, 1.54) is 12.1 Å². The summed E-state index contributed by atoms with van der Waals surface area (Å²) in [4.78, 5) is 42.6. The van der Waals surface area contributed by atoms with Crippen LogP contribution in [0.15, 0.2) is 120 Å². The topological polar surface area (TPSA) is 156 Å². The quantitative estimate of drug-likeness (QED) is 0.0695. The van der Waals surface area contributed by atoms with Crippen molar-refractivity contribution in [2.45, 2.75) is 37.9 Å². The van der Waals surface area contributed by atoms with Gasteiger partial charge in [-0.2, -0.15) is 0 Å². The Balaban J connectivity index is 0.860. The van der Waals surface area contributed by atoms with Gasteiger partial charge in [0, 0.05) is 60.7 Å². The van der Waals surface area contributed by atoms with Crippen molar-refractivity contribution in [3.8, 4) is 16.9 Å². The number of hydrogen-bond acceptors (Lipinski definition) is 8. The molecule has 0 saturated carbocycles. The summed E-state index contributed by atoms with van der Waals surface area (Å²) in [5.41, 5.74) is 5.12. The van der Waals surface area contributed by atoms with E-state index in [0.717, 1.165) is 46.2 Å². The number of pyridine rings is 1. The fourth-order valence-corrected chi connectivity index (χ4v) is 7.29. The van der Waals surface area contributed by atoms with Crippen LogP contribution in [0, 0.1) is 0 Å². The molecule has 1 saturated heterocycles. The van der Waals surface area contributed by atoms with Crippen LogP contribution in [0.5, 0.6) is 5.75 Å². The van der Waals surface area contributed by atoms with Gasteiger partial charge in [0.1, 0.15) is 11.9 Å². The van der Waals surface area contributed by atoms with Crippen molar-refractivity contribution in [2.75, 3.05) is 43.4 Å². The molecule has 0 spiro atoms. The van der Waals surface area contributed by atoms with E-state index in [1.54, 1.807) is 12.1 Å². The SMILES string of the molecule is O=C(CCN1CCC(OC(=O)Nc2ccccc2-c2ccccc2)CC1)Nc1ccc(CCNC[C@@H](O)c2ccc(O)c3[nH]c(=O)ccc23)c2ccccc12. The summed E-state index contributed by atoms with van der Waals surface area (Å²) in [7, 11) is 0. The lowest BCUT2D eigenvalue weighted by Gasteiger charge is -2.31. The number of phenols is 1. The number of nitrogens with one attached hydrogen (secondary N) is 4. The van der Waals surface area contributed by atoms with Crippen LogP contribution in [0.2, 0.25) is 0 Å². The number of fused-ring (bicyclic) bond motifs is 2. The zero-order chi connectivity index (χ0) is 38.1. The summed E-state index contributed by atoms with van der Waals surface area (Å²) < 4.78 is 5.78. The van der Waals surface area contributed by atoms with Crippen molar-refractivity contribution in [1.29, 1.82) is 0 Å². The molecule has 1 atom stereocenters. The Kier molecular flexibility index (Phi) is 11.8. The van der Waals surface area contributed by atoms with Gasteiger partial charge in [0.25, 0.3) is 0 Å². The number of aliphatic hydroxyl groups excluding tert-OH is 1. The van der Waals surface area contributed by atoms with Crippen molar-refractivity contribution >= 4 is 45.1 Å². The van der Waals surface area contributed by atoms with Gasteiger partial charge in [-0.3, -0.25) is 14.9 Å². The molecule has 2 amide bonds. The van der Waals surface area contributed by atoms with Gasteiger partial charge in [0.2, 0.25) is 11.5 Å². The van der Waals surface area contributed by atoms with E-state index in [1.807, 2.05) is 91.0 Å². The number of aromatic amines is 1. The van der Waals surface area contributed by atoms with Crippen molar-refractivity contribution in [3.63, 3.8) is 0 Å². The van der Waals surface area contributed by atoms with E-state index in [9.17, 15) is 24.6 Å². The van der Waals surface area contributed by atoms with Crippen LogP contribution < -0.4 is 21.5 Å². The summed E-state index contributed by atoms with van der Waals surface area (Å²) in [5.74, 6) is -0.107. The number of aromatic hydroxyl groups is 1. The molecule has 0 radical (unpaired) electrons. The molecule has 6 aromatic rings. The fourth-order valence-electron chi connectivity index (χ4n) is 7.29. The Labute approximate surface area is 319 Å². The number of likely N-dealkylation sites (tertiary alicyclic amines) is 1. The monoisotopic (exact) mass is 739 g/mol. The normalized spacial score (nSPS) is 14.1. The van der Waals surface area contributed by atoms with Gasteiger partial charge in [0.15, 0.2) is 0 Å². The number of para-hydroxylation sites is 1. The largest absolute Gasteiger partial charge is 0.506 e. The van der Waals surface area contributed by atoms with Crippen LogP contribution >= 0.6 is 0 Å². The van der Waals surface area contributed by atoms with Gasteiger partial charge in [-0.05, 0) is 72.1 Å². The molecule has 5 aromatic carbocycles. The Hall–Kier alpha value is -6.01. The molecule has 1 aliphatic heterocycles. The van der Waals surface area contributed by atoms with Gasteiger partial charge < -0.3 is 35.5 Å². The van der Waals surface area contributed by atoms with Gasteiger partial charge in [0.05, 0.1) is 17.3 Å². The third-order valence-electron chi connectivity index (χ3n) is 10.2. The summed E-state index contributed by atoms with van der Waals surface area (Å²) in [6, 6.07) is 35.7. The number of piperidine rings is 1. The molecule has 55 heavy (non-hydrogen) atoms. The molecule has 1 fully saturated rings. The number of ether oxygens (including phenoxy) is 1. The maximum atomic E-state index is 13.1. The summed E-state index contributed by atoms with van der Waals surface area (Å²) in [5, 5.41) is 33.0. The number of benzene rings is 5. The number of rotatable bonds is 13. The molecule has 2 heterocycles. The minimum atomic E-state index is -0.844. The Morgan fingerprint density at radius 2 is 1.55 bits per heavy atom. The lowest BCUT2D eigenvalue weighted by molar-refractivity contribution is -0.116. The standard InChI is InChI=1S/C44H45N5O6/c50-39-18-15-35(36-16-19-41(52)48-43(36)39)40(51)28-45-24-20-30-14-17-38(34-12-5-4-10-32(30)34)46-42(53)23-27-49-25-21-31(22-26-49)55-44(54)47-37-13-7-6-11-33(37)29-8-2-1-3-9-29/h1-19,31,40,45,50-51H,20-28H2,(H,46,53)(H,47,54)(H,48,52)/t40-/m1/s1. The minimum Gasteiger partial charge on any atom is -0.506 e. The highest BCUT2D eigenvalue weighted by atomic mass is 16.6. The average Bonchev–Trinajstić information content (AvgIpc) is 3.20. The number of aromatic nitrogens is 1. The zero-order valence-corrected chi connectivity index (χ0v) is 30.5. The second kappa shape index (κ2) is 17.4. The maximum absolute atomic E-state index is 13.1. The van der Waals surface area contributed by atoms with Crippen molar-refractivity contribution in [2.24, 2.45) is 0 Å². The molecule has 0 aliphatic carbocycles. The Morgan fingerprint density at radius 3 is 2.36 bits per heavy atom. The van der Waals surface area contributed by atoms with E-state index in [0.29, 0.717) is 60.9 Å². The molecule has 11 heteroatoms. The number of phenolic OH excluding ortho intramolecular Hbond substituents is 1. The number of carbonyl (C=O) groups excluding carboxylic acids is 2. The second-order valence-electron chi connectivity index (χ2n) is 13.9.